The molecular weight excluding hydrogens is 743 g/mol. The van der Waals surface area contributed by atoms with Gasteiger partial charge in [-0.05, 0) is 81.9 Å². The number of pyridine rings is 1. The molecule has 5 atom stereocenters. The molecule has 2 heterocycles. The number of methoxy groups -OCH3 is 1. The summed E-state index contributed by atoms with van der Waals surface area (Å²) in [6, 6.07) is 15.4. The van der Waals surface area contributed by atoms with E-state index in [0.717, 1.165) is 55.9 Å². The SMILES string of the molecule is COC(=O)[C@@H]1C[C@@H](Oc2nc3ccccc3c(OCc3ccccc3)c2C#CCCC[C@@H]2C[C@H]2OC(=O)N[C@H](C(=O)O)C2(C)CCCCC2)CN1C(=O)OC(C)(C)C. The first kappa shape index (κ1) is 42.1. The minimum atomic E-state index is -1.03. The van der Waals surface area contributed by atoms with Gasteiger partial charge in [-0.15, -0.1) is 0 Å². The molecule has 0 spiro atoms. The molecular formula is C45H55N3O10. The Hall–Kier alpha value is -5.51. The molecule has 2 aliphatic carbocycles. The molecule has 2 amide bonds. The lowest BCUT2D eigenvalue weighted by Crippen LogP contribution is -2.52. The van der Waals surface area contributed by atoms with E-state index in [1.54, 1.807) is 20.8 Å². The van der Waals surface area contributed by atoms with Crippen LogP contribution < -0.4 is 14.8 Å². The normalized spacial score (nSPS) is 21.5. The van der Waals surface area contributed by atoms with Crippen LogP contribution in [0.25, 0.3) is 10.9 Å². The number of alkyl carbamates (subject to hydrolysis) is 1. The summed E-state index contributed by atoms with van der Waals surface area (Å²) >= 11 is 0. The Morgan fingerprint density at radius 2 is 1.74 bits per heavy atom. The number of carboxylic acid groups (broad SMARTS) is 1. The summed E-state index contributed by atoms with van der Waals surface area (Å²) in [4.78, 5) is 57.1. The van der Waals surface area contributed by atoms with Crippen molar-refractivity contribution in [1.29, 1.82) is 0 Å². The first-order valence-corrected chi connectivity index (χ1v) is 20.3. The number of para-hydroxylation sites is 1. The number of rotatable bonds is 13. The fourth-order valence-electron chi connectivity index (χ4n) is 7.90. The molecule has 2 saturated carbocycles. The van der Waals surface area contributed by atoms with Crippen LogP contribution in [0.15, 0.2) is 54.6 Å². The fraction of sp³-hybridized carbons (Fsp3) is 0.533. The third-order valence-electron chi connectivity index (χ3n) is 11.1. The smallest absolute Gasteiger partial charge is 0.411 e. The first-order valence-electron chi connectivity index (χ1n) is 20.3. The number of aliphatic carboxylic acids is 1. The quantitative estimate of drug-likeness (QED) is 0.0751. The molecule has 1 aliphatic heterocycles. The van der Waals surface area contributed by atoms with Gasteiger partial charge in [-0.1, -0.05) is 80.5 Å². The second kappa shape index (κ2) is 18.4. The monoisotopic (exact) mass is 797 g/mol. The Bertz CT molecular complexity index is 2010. The highest BCUT2D eigenvalue weighted by molar-refractivity contribution is 5.89. The molecule has 3 aliphatic rings. The second-order valence-corrected chi connectivity index (χ2v) is 16.8. The van der Waals surface area contributed by atoms with Crippen LogP contribution in [0, 0.1) is 23.2 Å². The minimum Gasteiger partial charge on any atom is -0.487 e. The number of amides is 2. The van der Waals surface area contributed by atoms with E-state index < -0.39 is 53.3 Å². The van der Waals surface area contributed by atoms with Crippen molar-refractivity contribution in [3.8, 4) is 23.5 Å². The van der Waals surface area contributed by atoms with Gasteiger partial charge < -0.3 is 34.1 Å². The third-order valence-corrected chi connectivity index (χ3v) is 11.1. The van der Waals surface area contributed by atoms with Gasteiger partial charge in [0.25, 0.3) is 0 Å². The molecule has 1 saturated heterocycles. The van der Waals surface area contributed by atoms with Crippen molar-refractivity contribution in [3.05, 3.63) is 65.7 Å². The van der Waals surface area contributed by atoms with Crippen LogP contribution in [0.2, 0.25) is 0 Å². The lowest BCUT2D eigenvalue weighted by atomic mass is 9.70. The zero-order valence-corrected chi connectivity index (χ0v) is 34.1. The van der Waals surface area contributed by atoms with Gasteiger partial charge in [0.1, 0.15) is 47.8 Å². The standard InChI is InChI=1S/C45H55N3O10/c1-44(2,3)58-43(53)48-27-31(26-35(48)41(51)54-5)56-39-33(37(32-20-13-14-22-34(32)46-39)55-28-29-17-9-6-10-18-29)21-12-7-11-19-30-25-36(30)57-42(52)47-38(40(49)50)45(4)23-15-8-16-24-45/h6,9-10,13-14,17-18,20,22,30-31,35-36,38H,7-8,11,15-16,19,23-28H2,1-5H3,(H,47,52)(H,49,50)/t30-,31-,35+,36-,38-/m1/s1. The van der Waals surface area contributed by atoms with E-state index in [1.807, 2.05) is 61.5 Å². The van der Waals surface area contributed by atoms with Crippen LogP contribution in [0.4, 0.5) is 9.59 Å². The summed E-state index contributed by atoms with van der Waals surface area (Å²) in [7, 11) is 1.28. The summed E-state index contributed by atoms with van der Waals surface area (Å²) in [6.45, 7) is 7.55. The van der Waals surface area contributed by atoms with Crippen LogP contribution in [0.1, 0.15) is 103 Å². The van der Waals surface area contributed by atoms with Gasteiger partial charge in [0.2, 0.25) is 5.88 Å². The molecule has 6 rings (SSSR count). The van der Waals surface area contributed by atoms with E-state index in [2.05, 4.69) is 17.2 Å². The number of nitrogens with zero attached hydrogens (tertiary/aromatic N) is 2. The number of carbonyl (C=O) groups excluding carboxylic acids is 3. The average Bonchev–Trinajstić information content (AvgIpc) is 3.78. The molecule has 310 valence electrons. The number of hydrogen-bond acceptors (Lipinski definition) is 10. The number of hydrogen-bond donors (Lipinski definition) is 2. The summed E-state index contributed by atoms with van der Waals surface area (Å²) in [5.74, 6) is 5.86. The minimum absolute atomic E-state index is 0.0647. The molecule has 0 bridgehead atoms. The van der Waals surface area contributed by atoms with Gasteiger partial charge >= 0.3 is 24.1 Å². The Morgan fingerprint density at radius 3 is 2.45 bits per heavy atom. The fourth-order valence-corrected chi connectivity index (χ4v) is 7.90. The van der Waals surface area contributed by atoms with Gasteiger partial charge in [-0.2, -0.15) is 0 Å². The van der Waals surface area contributed by atoms with Crippen LogP contribution >= 0.6 is 0 Å². The third kappa shape index (κ3) is 10.7. The van der Waals surface area contributed by atoms with Crippen molar-refractivity contribution in [3.63, 3.8) is 0 Å². The zero-order chi connectivity index (χ0) is 41.5. The lowest BCUT2D eigenvalue weighted by molar-refractivity contribution is -0.146. The predicted molar refractivity (Wildman–Crippen MR) is 215 cm³/mol. The first-order chi connectivity index (χ1) is 27.7. The van der Waals surface area contributed by atoms with Crippen molar-refractivity contribution in [2.45, 2.75) is 128 Å². The number of nitrogens with one attached hydrogen (secondary N) is 1. The van der Waals surface area contributed by atoms with Crippen LogP contribution in [-0.2, 0) is 30.4 Å². The second-order valence-electron chi connectivity index (χ2n) is 16.8. The molecule has 13 heteroatoms. The van der Waals surface area contributed by atoms with Crippen molar-refractivity contribution in [1.82, 2.24) is 15.2 Å². The largest absolute Gasteiger partial charge is 0.487 e. The molecule has 58 heavy (non-hydrogen) atoms. The van der Waals surface area contributed by atoms with E-state index in [0.29, 0.717) is 29.7 Å². The molecule has 2 N–H and O–H groups in total. The molecule has 13 nitrogen and oxygen atoms in total. The Kier molecular flexibility index (Phi) is 13.3. The number of fused-ring (bicyclic) bond motifs is 1. The van der Waals surface area contributed by atoms with Gasteiger partial charge in [0, 0.05) is 18.2 Å². The number of likely N-dealkylation sites (tertiary alicyclic amines) is 1. The van der Waals surface area contributed by atoms with E-state index >= 15 is 0 Å². The highest BCUT2D eigenvalue weighted by atomic mass is 16.6. The summed E-state index contributed by atoms with van der Waals surface area (Å²) < 4.78 is 29.3. The molecule has 0 unspecified atom stereocenters. The van der Waals surface area contributed by atoms with Crippen LogP contribution in [0.5, 0.6) is 11.6 Å². The number of esters is 1. The lowest BCUT2D eigenvalue weighted by Gasteiger charge is -2.38. The summed E-state index contributed by atoms with van der Waals surface area (Å²) in [5, 5.41) is 13.3. The maximum Gasteiger partial charge on any atom is 0.411 e. The molecule has 2 aromatic carbocycles. The number of aromatic nitrogens is 1. The molecule has 3 fully saturated rings. The predicted octanol–water partition coefficient (Wildman–Crippen LogP) is 7.80. The summed E-state index contributed by atoms with van der Waals surface area (Å²) in [6.07, 6.45) is 5.19. The highest BCUT2D eigenvalue weighted by Crippen LogP contribution is 2.41. The summed E-state index contributed by atoms with van der Waals surface area (Å²) in [5.41, 5.74) is 0.773. The van der Waals surface area contributed by atoms with Crippen LogP contribution in [0.3, 0.4) is 0 Å². The van der Waals surface area contributed by atoms with E-state index in [4.69, 9.17) is 28.7 Å². The average molecular weight is 798 g/mol. The van der Waals surface area contributed by atoms with Crippen molar-refractivity contribution in [2.75, 3.05) is 13.7 Å². The number of ether oxygens (including phenoxy) is 5. The highest BCUT2D eigenvalue weighted by Gasteiger charge is 2.45. The van der Waals surface area contributed by atoms with Crippen molar-refractivity contribution >= 4 is 35.0 Å². The zero-order valence-electron chi connectivity index (χ0n) is 34.1. The number of carboxylic acids is 1. The maximum absolute atomic E-state index is 13.2. The maximum atomic E-state index is 13.2. The van der Waals surface area contributed by atoms with Crippen molar-refractivity contribution < 1.29 is 48.0 Å². The number of carbonyl (C=O) groups is 4. The van der Waals surface area contributed by atoms with Gasteiger partial charge in [0.15, 0.2) is 0 Å². The molecule has 0 radical (unpaired) electrons. The molecule has 3 aromatic rings. The van der Waals surface area contributed by atoms with E-state index in [-0.39, 0.29) is 37.5 Å². The van der Waals surface area contributed by atoms with Gasteiger partial charge in [0.05, 0.1) is 19.2 Å². The molecule has 1 aromatic heterocycles. The van der Waals surface area contributed by atoms with Gasteiger partial charge in [-0.3, -0.25) is 4.90 Å². The number of unbranched alkanes of at least 4 members (excludes halogenated alkanes) is 1. The Balaban J connectivity index is 1.16. The van der Waals surface area contributed by atoms with Crippen molar-refractivity contribution in [2.24, 2.45) is 11.3 Å². The number of benzene rings is 2. The van der Waals surface area contributed by atoms with Gasteiger partial charge in [-0.25, -0.2) is 24.2 Å². The van der Waals surface area contributed by atoms with Crippen LogP contribution in [-0.4, -0.2) is 82.7 Å². The Labute approximate surface area is 340 Å². The topological polar surface area (TPSA) is 163 Å². The van der Waals surface area contributed by atoms with E-state index in [9.17, 15) is 24.3 Å². The Morgan fingerprint density at radius 1 is 1.02 bits per heavy atom. The van der Waals surface area contributed by atoms with E-state index in [1.165, 1.54) is 12.0 Å².